The first-order valence-electron chi connectivity index (χ1n) is 7.49. The fourth-order valence-electron chi connectivity index (χ4n) is 2.00. The summed E-state index contributed by atoms with van der Waals surface area (Å²) >= 11 is 0. The molecule has 136 valence electrons. The highest BCUT2D eigenvalue weighted by Crippen LogP contribution is 2.29. The number of allylic oxidation sites excluding steroid dienone is 1. The predicted octanol–water partition coefficient (Wildman–Crippen LogP) is 4.15. The summed E-state index contributed by atoms with van der Waals surface area (Å²) in [5, 5.41) is 0. The zero-order valence-electron chi connectivity index (χ0n) is 13.7. The zero-order valence-corrected chi connectivity index (χ0v) is 13.7. The minimum Gasteiger partial charge on any atom is -0.482 e. The van der Waals surface area contributed by atoms with Gasteiger partial charge in [0.2, 0.25) is 0 Å². The molecule has 0 aliphatic heterocycles. The molecule has 0 aliphatic carbocycles. The number of ether oxygens (including phenoxy) is 2. The van der Waals surface area contributed by atoms with Crippen molar-refractivity contribution in [3.63, 3.8) is 0 Å². The molecule has 0 amide bonds. The van der Waals surface area contributed by atoms with Crippen molar-refractivity contribution in [2.24, 2.45) is 0 Å². The molecule has 0 N–H and O–H groups in total. The second-order valence-electron chi connectivity index (χ2n) is 5.21. The van der Waals surface area contributed by atoms with E-state index >= 15 is 0 Å². The van der Waals surface area contributed by atoms with Crippen molar-refractivity contribution in [3.8, 4) is 5.75 Å². The minimum atomic E-state index is -4.44. The number of rotatable bonds is 6. The highest BCUT2D eigenvalue weighted by atomic mass is 19.4. The molecular weight excluding hydrogens is 349 g/mol. The van der Waals surface area contributed by atoms with E-state index in [1.54, 1.807) is 0 Å². The molecule has 0 saturated carbocycles. The number of benzene rings is 2. The van der Waals surface area contributed by atoms with Crippen molar-refractivity contribution in [2.75, 3.05) is 13.7 Å². The molecule has 2 aromatic carbocycles. The molecule has 0 saturated heterocycles. The fraction of sp³-hybridized carbons (Fsp3) is 0.158. The maximum atomic E-state index is 12.7. The second-order valence-corrected chi connectivity index (χ2v) is 5.21. The van der Waals surface area contributed by atoms with E-state index in [1.807, 2.05) is 0 Å². The van der Waals surface area contributed by atoms with Crippen molar-refractivity contribution in [3.05, 3.63) is 71.3 Å². The lowest BCUT2D eigenvalue weighted by Gasteiger charge is -2.06. The van der Waals surface area contributed by atoms with E-state index in [9.17, 15) is 22.8 Å². The van der Waals surface area contributed by atoms with E-state index in [-0.39, 0.29) is 18.0 Å². The normalized spacial score (nSPS) is 11.4. The quantitative estimate of drug-likeness (QED) is 0.439. The van der Waals surface area contributed by atoms with Crippen LogP contribution in [0.25, 0.3) is 6.08 Å². The maximum Gasteiger partial charge on any atom is 0.416 e. The SMILES string of the molecule is COC(=O)COc1ccc(C(=O)C=Cc2cccc(C(F)(F)F)c2)cc1. The molecule has 0 spiro atoms. The Kier molecular flexibility index (Phi) is 6.16. The molecule has 0 bridgehead atoms. The number of hydrogen-bond acceptors (Lipinski definition) is 4. The first-order chi connectivity index (χ1) is 12.3. The van der Waals surface area contributed by atoms with Gasteiger partial charge in [-0.15, -0.1) is 0 Å². The number of hydrogen-bond donors (Lipinski definition) is 0. The van der Waals surface area contributed by atoms with Crippen molar-refractivity contribution in [2.45, 2.75) is 6.18 Å². The van der Waals surface area contributed by atoms with Gasteiger partial charge >= 0.3 is 12.1 Å². The van der Waals surface area contributed by atoms with Crippen LogP contribution in [-0.4, -0.2) is 25.5 Å². The molecule has 4 nitrogen and oxygen atoms in total. The molecule has 2 rings (SSSR count). The van der Waals surface area contributed by atoms with Gasteiger partial charge in [0.05, 0.1) is 12.7 Å². The number of carbonyl (C=O) groups excluding carboxylic acids is 2. The lowest BCUT2D eigenvalue weighted by atomic mass is 10.1. The Hall–Kier alpha value is -3.09. The van der Waals surface area contributed by atoms with E-state index < -0.39 is 17.7 Å². The summed E-state index contributed by atoms with van der Waals surface area (Å²) in [6.45, 7) is -0.251. The molecule has 2 aromatic rings. The van der Waals surface area contributed by atoms with Gasteiger partial charge in [-0.2, -0.15) is 13.2 Å². The topological polar surface area (TPSA) is 52.6 Å². The Morgan fingerprint density at radius 1 is 1.08 bits per heavy atom. The van der Waals surface area contributed by atoms with Crippen LogP contribution < -0.4 is 4.74 Å². The van der Waals surface area contributed by atoms with Gasteiger partial charge in [-0.3, -0.25) is 4.79 Å². The van der Waals surface area contributed by atoms with Gasteiger partial charge in [0.15, 0.2) is 12.4 Å². The first-order valence-corrected chi connectivity index (χ1v) is 7.49. The van der Waals surface area contributed by atoms with Gasteiger partial charge in [-0.25, -0.2) is 4.79 Å². The van der Waals surface area contributed by atoms with Crippen LogP contribution in [0.3, 0.4) is 0 Å². The number of esters is 1. The van der Waals surface area contributed by atoms with Gasteiger partial charge in [0.25, 0.3) is 0 Å². The molecule has 0 unspecified atom stereocenters. The van der Waals surface area contributed by atoms with Gasteiger partial charge in [-0.05, 0) is 48.0 Å². The van der Waals surface area contributed by atoms with Gasteiger partial charge in [0, 0.05) is 5.56 Å². The molecule has 0 heterocycles. The van der Waals surface area contributed by atoms with E-state index in [0.29, 0.717) is 11.3 Å². The van der Waals surface area contributed by atoms with Crippen LogP contribution in [0.15, 0.2) is 54.6 Å². The predicted molar refractivity (Wildman–Crippen MR) is 88.8 cm³/mol. The Bertz CT molecular complexity index is 808. The Morgan fingerprint density at radius 3 is 2.38 bits per heavy atom. The highest BCUT2D eigenvalue weighted by Gasteiger charge is 2.30. The van der Waals surface area contributed by atoms with Gasteiger partial charge in [-0.1, -0.05) is 18.2 Å². The summed E-state index contributed by atoms with van der Waals surface area (Å²) < 4.78 is 47.6. The van der Waals surface area contributed by atoms with Gasteiger partial charge < -0.3 is 9.47 Å². The molecule has 0 atom stereocenters. The maximum absolute atomic E-state index is 12.7. The van der Waals surface area contributed by atoms with E-state index in [4.69, 9.17) is 4.74 Å². The third-order valence-corrected chi connectivity index (χ3v) is 3.36. The van der Waals surface area contributed by atoms with Crippen LogP contribution in [0, 0.1) is 0 Å². The lowest BCUT2D eigenvalue weighted by Crippen LogP contribution is -2.12. The second kappa shape index (κ2) is 8.33. The monoisotopic (exact) mass is 364 g/mol. The van der Waals surface area contributed by atoms with Crippen LogP contribution in [0.1, 0.15) is 21.5 Å². The standard InChI is InChI=1S/C19H15F3O4/c1-25-18(24)12-26-16-8-6-14(7-9-16)17(23)10-5-13-3-2-4-15(11-13)19(20,21)22/h2-11H,12H2,1H3. The Balaban J connectivity index is 2.03. The summed E-state index contributed by atoms with van der Waals surface area (Å²) in [5.41, 5.74) is -0.177. The largest absolute Gasteiger partial charge is 0.482 e. The highest BCUT2D eigenvalue weighted by molar-refractivity contribution is 6.06. The molecule has 0 aromatic heterocycles. The number of alkyl halides is 3. The van der Waals surface area contributed by atoms with Crippen molar-refractivity contribution in [1.82, 2.24) is 0 Å². The van der Waals surface area contributed by atoms with Crippen molar-refractivity contribution >= 4 is 17.8 Å². The molecule has 26 heavy (non-hydrogen) atoms. The summed E-state index contributed by atoms with van der Waals surface area (Å²) in [6.07, 6.45) is -1.92. The summed E-state index contributed by atoms with van der Waals surface area (Å²) in [6, 6.07) is 10.7. The Morgan fingerprint density at radius 2 is 1.77 bits per heavy atom. The number of halogens is 3. The van der Waals surface area contributed by atoms with Crippen LogP contribution in [0.5, 0.6) is 5.75 Å². The van der Waals surface area contributed by atoms with Crippen LogP contribution in [0.4, 0.5) is 13.2 Å². The third kappa shape index (κ3) is 5.47. The molecule has 0 fully saturated rings. The van der Waals surface area contributed by atoms with E-state index in [2.05, 4.69) is 4.74 Å². The summed E-state index contributed by atoms with van der Waals surface area (Å²) in [4.78, 5) is 23.1. The molecule has 0 aliphatic rings. The summed E-state index contributed by atoms with van der Waals surface area (Å²) in [7, 11) is 1.24. The first kappa shape index (κ1) is 19.2. The van der Waals surface area contributed by atoms with Crippen LogP contribution in [0.2, 0.25) is 0 Å². The number of ketones is 1. The molecule has 7 heteroatoms. The van der Waals surface area contributed by atoms with E-state index in [1.165, 1.54) is 55.7 Å². The van der Waals surface area contributed by atoms with Crippen molar-refractivity contribution in [1.29, 1.82) is 0 Å². The average Bonchev–Trinajstić information content (AvgIpc) is 2.64. The molecule has 0 radical (unpaired) electrons. The molecular formula is C19H15F3O4. The van der Waals surface area contributed by atoms with Gasteiger partial charge in [0.1, 0.15) is 5.75 Å². The average molecular weight is 364 g/mol. The van der Waals surface area contributed by atoms with Crippen LogP contribution in [-0.2, 0) is 15.7 Å². The zero-order chi connectivity index (χ0) is 19.2. The third-order valence-electron chi connectivity index (χ3n) is 3.36. The number of methoxy groups -OCH3 is 1. The lowest BCUT2D eigenvalue weighted by molar-refractivity contribution is -0.143. The van der Waals surface area contributed by atoms with Crippen molar-refractivity contribution < 1.29 is 32.2 Å². The minimum absolute atomic E-state index is 0.251. The fourth-order valence-corrected chi connectivity index (χ4v) is 2.00. The summed E-state index contributed by atoms with van der Waals surface area (Å²) in [5.74, 6) is -0.523. The van der Waals surface area contributed by atoms with E-state index in [0.717, 1.165) is 12.1 Å². The van der Waals surface area contributed by atoms with Crippen LogP contribution >= 0.6 is 0 Å². The Labute approximate surface area is 147 Å². The smallest absolute Gasteiger partial charge is 0.416 e. The number of carbonyl (C=O) groups is 2.